The first-order valence-electron chi connectivity index (χ1n) is 10.3. The number of thiophene rings is 1. The molecule has 3 aromatic rings. The van der Waals surface area contributed by atoms with Crippen LogP contribution in [0.3, 0.4) is 0 Å². The molecule has 0 radical (unpaired) electrons. The van der Waals surface area contributed by atoms with Gasteiger partial charge in [0.25, 0.3) is 11.6 Å². The third-order valence-electron chi connectivity index (χ3n) is 5.14. The molecule has 32 heavy (non-hydrogen) atoms. The lowest BCUT2D eigenvalue weighted by molar-refractivity contribution is -0.383. The molecule has 1 fully saturated rings. The highest BCUT2D eigenvalue weighted by atomic mass is 32.1. The largest absolute Gasteiger partial charge is 0.492 e. The maximum absolute atomic E-state index is 12.7. The van der Waals surface area contributed by atoms with Crippen molar-refractivity contribution in [2.75, 3.05) is 44.8 Å². The van der Waals surface area contributed by atoms with E-state index in [-0.39, 0.29) is 11.4 Å². The van der Waals surface area contributed by atoms with Crippen molar-refractivity contribution in [2.24, 2.45) is 0 Å². The van der Waals surface area contributed by atoms with Gasteiger partial charge in [0.15, 0.2) is 0 Å². The minimum absolute atomic E-state index is 0.151. The summed E-state index contributed by atoms with van der Waals surface area (Å²) in [6.07, 6.45) is 0. The highest BCUT2D eigenvalue weighted by Gasteiger charge is 2.18. The molecule has 0 aliphatic carbocycles. The monoisotopic (exact) mass is 453 g/mol. The van der Waals surface area contributed by atoms with Gasteiger partial charge in [-0.3, -0.25) is 19.8 Å². The SMILES string of the molecule is O=C(Nc1cc(-c2cccs2)ccc1[N+](=O)[O-])c1ccc(OCCN2CCOCC2)cc1. The Morgan fingerprint density at radius 1 is 1.16 bits per heavy atom. The van der Waals surface area contributed by atoms with Gasteiger partial charge in [-0.1, -0.05) is 6.07 Å². The van der Waals surface area contributed by atoms with Gasteiger partial charge in [0.05, 0.1) is 18.1 Å². The lowest BCUT2D eigenvalue weighted by Crippen LogP contribution is -2.38. The number of rotatable bonds is 8. The Bertz CT molecular complexity index is 1060. The Hall–Kier alpha value is -3.27. The van der Waals surface area contributed by atoms with Crippen LogP contribution in [0.2, 0.25) is 0 Å². The summed E-state index contributed by atoms with van der Waals surface area (Å²) in [5.41, 5.74) is 1.21. The molecular weight excluding hydrogens is 430 g/mol. The molecule has 9 heteroatoms. The number of nitro groups is 1. The summed E-state index contributed by atoms with van der Waals surface area (Å²) in [4.78, 5) is 26.9. The number of ether oxygens (including phenoxy) is 2. The van der Waals surface area contributed by atoms with Crippen molar-refractivity contribution in [3.05, 3.63) is 75.7 Å². The number of benzene rings is 2. The second-order valence-corrected chi connectivity index (χ2v) is 8.20. The van der Waals surface area contributed by atoms with E-state index in [0.717, 1.165) is 43.3 Å². The van der Waals surface area contributed by atoms with E-state index in [2.05, 4.69) is 10.2 Å². The summed E-state index contributed by atoms with van der Waals surface area (Å²) in [5.74, 6) is 0.247. The molecule has 2 aromatic carbocycles. The number of carbonyl (C=O) groups is 1. The van der Waals surface area contributed by atoms with Gasteiger partial charge in [-0.2, -0.15) is 0 Å². The normalized spacial score (nSPS) is 14.1. The van der Waals surface area contributed by atoms with Crippen molar-refractivity contribution in [3.63, 3.8) is 0 Å². The summed E-state index contributed by atoms with van der Waals surface area (Å²) >= 11 is 1.53. The van der Waals surface area contributed by atoms with Gasteiger partial charge in [-0.05, 0) is 53.4 Å². The van der Waals surface area contributed by atoms with Crippen LogP contribution in [0.5, 0.6) is 5.75 Å². The van der Waals surface area contributed by atoms with Crippen LogP contribution in [0.1, 0.15) is 10.4 Å². The average molecular weight is 454 g/mol. The zero-order chi connectivity index (χ0) is 22.3. The molecule has 1 amide bonds. The topological polar surface area (TPSA) is 93.9 Å². The van der Waals surface area contributed by atoms with Gasteiger partial charge in [0, 0.05) is 36.1 Å². The third kappa shape index (κ3) is 5.50. The van der Waals surface area contributed by atoms with Crippen molar-refractivity contribution in [2.45, 2.75) is 0 Å². The molecule has 0 atom stereocenters. The molecule has 1 saturated heterocycles. The molecule has 1 aliphatic heterocycles. The Morgan fingerprint density at radius 3 is 2.62 bits per heavy atom. The lowest BCUT2D eigenvalue weighted by atomic mass is 10.1. The van der Waals surface area contributed by atoms with Crippen LogP contribution in [-0.2, 0) is 4.74 Å². The molecule has 0 bridgehead atoms. The second-order valence-electron chi connectivity index (χ2n) is 7.25. The maximum atomic E-state index is 12.7. The van der Waals surface area contributed by atoms with Gasteiger partial charge >= 0.3 is 0 Å². The van der Waals surface area contributed by atoms with E-state index < -0.39 is 10.8 Å². The Morgan fingerprint density at radius 2 is 1.94 bits per heavy atom. The molecule has 0 saturated carbocycles. The van der Waals surface area contributed by atoms with Crippen LogP contribution in [0.4, 0.5) is 11.4 Å². The lowest BCUT2D eigenvalue weighted by Gasteiger charge is -2.26. The van der Waals surface area contributed by atoms with Crippen LogP contribution < -0.4 is 10.1 Å². The number of nitrogens with zero attached hydrogens (tertiary/aromatic N) is 2. The van der Waals surface area contributed by atoms with Crippen LogP contribution >= 0.6 is 11.3 Å². The summed E-state index contributed by atoms with van der Waals surface area (Å²) in [5, 5.41) is 16.0. The summed E-state index contributed by atoms with van der Waals surface area (Å²) in [7, 11) is 0. The van der Waals surface area contributed by atoms with Crippen LogP contribution in [-0.4, -0.2) is 55.2 Å². The zero-order valence-electron chi connectivity index (χ0n) is 17.4. The first-order valence-corrected chi connectivity index (χ1v) is 11.1. The predicted molar refractivity (Wildman–Crippen MR) is 124 cm³/mol. The summed E-state index contributed by atoms with van der Waals surface area (Å²) < 4.78 is 11.1. The van der Waals surface area contributed by atoms with E-state index in [9.17, 15) is 14.9 Å². The Kier molecular flexibility index (Phi) is 7.10. The number of anilines is 1. The molecule has 4 rings (SSSR count). The van der Waals surface area contributed by atoms with Crippen molar-refractivity contribution in [1.29, 1.82) is 0 Å². The van der Waals surface area contributed by atoms with Crippen LogP contribution in [0, 0.1) is 10.1 Å². The molecule has 1 aromatic heterocycles. The molecule has 0 unspecified atom stereocenters. The molecular formula is C23H23N3O5S. The van der Waals surface area contributed by atoms with E-state index in [1.165, 1.54) is 17.4 Å². The number of nitrogens with one attached hydrogen (secondary N) is 1. The standard InChI is InChI=1S/C23H23N3O5S/c27-23(17-3-6-19(7-4-17)31-14-11-25-9-12-30-13-10-25)24-20-16-18(22-2-1-15-32-22)5-8-21(20)26(28)29/h1-8,15-16H,9-14H2,(H,24,27). The van der Waals surface area contributed by atoms with E-state index in [0.29, 0.717) is 17.9 Å². The molecule has 166 valence electrons. The quantitative estimate of drug-likeness (QED) is 0.404. The number of carbonyl (C=O) groups excluding carboxylic acids is 1. The van der Waals surface area contributed by atoms with Gasteiger partial charge in [-0.15, -0.1) is 11.3 Å². The summed E-state index contributed by atoms with van der Waals surface area (Å²) in [6.45, 7) is 4.67. The third-order valence-corrected chi connectivity index (χ3v) is 6.06. The number of hydrogen-bond donors (Lipinski definition) is 1. The van der Waals surface area contributed by atoms with Crippen LogP contribution in [0.25, 0.3) is 10.4 Å². The van der Waals surface area contributed by atoms with Gasteiger partial charge in [0.1, 0.15) is 18.0 Å². The first kappa shape index (κ1) is 21.9. The van der Waals surface area contributed by atoms with Crippen molar-refractivity contribution in [3.8, 4) is 16.2 Å². The highest BCUT2D eigenvalue weighted by Crippen LogP contribution is 2.33. The van der Waals surface area contributed by atoms with Gasteiger partial charge < -0.3 is 14.8 Å². The second kappa shape index (κ2) is 10.4. The van der Waals surface area contributed by atoms with E-state index in [4.69, 9.17) is 9.47 Å². The zero-order valence-corrected chi connectivity index (χ0v) is 18.2. The van der Waals surface area contributed by atoms with E-state index >= 15 is 0 Å². The molecule has 2 heterocycles. The van der Waals surface area contributed by atoms with Crippen molar-refractivity contribution in [1.82, 2.24) is 4.90 Å². The van der Waals surface area contributed by atoms with E-state index in [1.807, 2.05) is 17.5 Å². The number of hydrogen-bond acceptors (Lipinski definition) is 7. The van der Waals surface area contributed by atoms with Gasteiger partial charge in [0.2, 0.25) is 0 Å². The average Bonchev–Trinajstić information content (AvgIpc) is 3.35. The fourth-order valence-electron chi connectivity index (χ4n) is 3.41. The number of amides is 1. The van der Waals surface area contributed by atoms with Gasteiger partial charge in [-0.25, -0.2) is 0 Å². The fraction of sp³-hybridized carbons (Fsp3) is 0.261. The molecule has 8 nitrogen and oxygen atoms in total. The Labute approximate surface area is 189 Å². The maximum Gasteiger partial charge on any atom is 0.292 e. The predicted octanol–water partition coefficient (Wildman–Crippen LogP) is 4.29. The first-order chi connectivity index (χ1) is 15.6. The smallest absolute Gasteiger partial charge is 0.292 e. The fourth-order valence-corrected chi connectivity index (χ4v) is 4.13. The Balaban J connectivity index is 1.40. The van der Waals surface area contributed by atoms with Crippen molar-refractivity contribution >= 4 is 28.6 Å². The number of morpholine rings is 1. The molecule has 1 aliphatic rings. The van der Waals surface area contributed by atoms with E-state index in [1.54, 1.807) is 36.4 Å². The minimum Gasteiger partial charge on any atom is -0.492 e. The molecule has 0 spiro atoms. The minimum atomic E-state index is -0.501. The number of nitro benzene ring substituents is 1. The van der Waals surface area contributed by atoms with Crippen LogP contribution in [0.15, 0.2) is 60.0 Å². The van der Waals surface area contributed by atoms with Crippen molar-refractivity contribution < 1.29 is 19.2 Å². The summed E-state index contributed by atoms with van der Waals surface area (Å²) in [6, 6.07) is 15.3. The molecule has 1 N–H and O–H groups in total. The highest BCUT2D eigenvalue weighted by molar-refractivity contribution is 7.13.